The maximum Gasteiger partial charge on any atom is 2.00 e. The van der Waals surface area contributed by atoms with Crippen LogP contribution in [0.4, 0.5) is 0 Å². The van der Waals surface area contributed by atoms with Crippen molar-refractivity contribution in [3.63, 3.8) is 0 Å². The van der Waals surface area contributed by atoms with E-state index in [0.29, 0.717) is 5.78 Å². The summed E-state index contributed by atoms with van der Waals surface area (Å²) in [6.45, 7) is 0. The largest absolute Gasteiger partial charge is 2.00 e. The Kier molecular flexibility index (Phi) is 2.89. The van der Waals surface area contributed by atoms with Crippen molar-refractivity contribution in [3.05, 3.63) is 86.0 Å². The van der Waals surface area contributed by atoms with Gasteiger partial charge in [0.1, 0.15) is 5.78 Å². The molecule has 0 heterocycles. The van der Waals surface area contributed by atoms with Gasteiger partial charge in [0, 0.05) is 22.7 Å². The predicted molar refractivity (Wildman–Crippen MR) is 304 cm³/mol. The fraction of sp³-hybridized carbons (Fsp3) is 0.0417. The molecule has 28 aromatic rings. The fourth-order valence-corrected chi connectivity index (χ4v) is 25.8. The Balaban J connectivity index is 0.000000533. The first-order chi connectivity index (χ1) is 36.4. The first-order valence-corrected chi connectivity index (χ1v) is 27.1. The van der Waals surface area contributed by atoms with Gasteiger partial charge in [0.05, 0.1) is 0 Å². The van der Waals surface area contributed by atoms with E-state index in [1.165, 1.54) is 0 Å². The van der Waals surface area contributed by atoms with Crippen molar-refractivity contribution in [2.24, 2.45) is 5.92 Å². The van der Waals surface area contributed by atoms with E-state index in [-0.39, 0.29) is 23.0 Å². The number of carbonyl (C=O) groups is 1. The molecule has 0 aliphatic heterocycles. The smallest absolute Gasteiger partial charge is 0.299 e. The number of hydrogen-bond acceptors (Lipinski definition) is 1. The quantitative estimate of drug-likeness (QED) is 0.125. The molecule has 0 aromatic heterocycles. The minimum absolute atomic E-state index is 0. The molecule has 0 saturated heterocycles. The average Bonchev–Trinajstić information content (AvgIpc) is 4.28. The maximum absolute atomic E-state index is 16.6. The Morgan fingerprint density at radius 1 is 0.216 bits per heavy atom. The Morgan fingerprint density at radius 2 is 0.351 bits per heavy atom. The van der Waals surface area contributed by atoms with E-state index in [1.54, 1.807) is 313 Å². The van der Waals surface area contributed by atoms with Gasteiger partial charge in [-0.15, -0.1) is 0 Å². The van der Waals surface area contributed by atoms with E-state index in [1.807, 2.05) is 32.1 Å². The zero-order valence-electron chi connectivity index (χ0n) is 37.5. The van der Waals surface area contributed by atoms with Gasteiger partial charge in [0.2, 0.25) is 0 Å². The summed E-state index contributed by atoms with van der Waals surface area (Å²) in [6.07, 6.45) is 18.6. The van der Waals surface area contributed by atoms with Crippen LogP contribution in [0.25, 0.3) is 291 Å². The molecular weight excluding hydrogens is 937 g/mol. The van der Waals surface area contributed by atoms with Crippen molar-refractivity contribution < 1.29 is 21.9 Å². The average molecular weight is 947 g/mol. The van der Waals surface area contributed by atoms with E-state index in [9.17, 15) is 0 Å². The van der Waals surface area contributed by atoms with Crippen molar-refractivity contribution in [2.75, 3.05) is 0 Å². The molecule has 0 atom stereocenters. The SMILES string of the molecule is O=C([C]1[CH][CH][CH][CH]1)C1C23c4c5c6c7c8c9c(c%10c%11c2c2c4c4c%12c5c5c6c6c8c8c%13c9c9c%10c%10c%11c%11c2c2c4c4c%12c%12c5c5c6c8c6c8c%13c9c9c%10c%10c%11c2c2c4c4c%12c5c6c5c8c9c%10c2c45)C713.[CH]1[CH][CH][CH][CH]1.[Fe+2]. The van der Waals surface area contributed by atoms with Gasteiger partial charge in [-0.2, -0.15) is 0 Å². The maximum atomic E-state index is 16.6. The van der Waals surface area contributed by atoms with E-state index in [0.717, 1.165) is 5.92 Å². The van der Waals surface area contributed by atoms with Crippen LogP contribution < -0.4 is 0 Å². The standard InChI is InChI=1S/C67H5O.C5H5.Fe/c68-64(5-3-1-2-4-5)65-66-60-52-44-34-24-16-8-6-7-10-14-12(8)20-28-22(14)32-26-18(10)19-11(7)15-13-9(6)17(16)25-31-21(13)29-23(15)33-27(19)37-36(26)46-40(32)50-42(28)48(38(44)30(20)24)56(60)58(50)62-54(46)55-47(37)41(33)51-43(29)49-39(31)45(35(25)34)53(52)61(66)57(49)59(51)63(55)67(62,65)66;1-2-4-5-3-1;/h1-4,65H;1-5H;/q;;+2. The summed E-state index contributed by atoms with van der Waals surface area (Å²) in [4.78, 5) is 16.6. The van der Waals surface area contributed by atoms with Crippen molar-refractivity contribution in [1.82, 2.24) is 0 Å². The van der Waals surface area contributed by atoms with Crippen LogP contribution in [0, 0.1) is 69.6 Å². The third-order valence-corrected chi connectivity index (χ3v) is 26.0. The molecule has 1 nitrogen and oxygen atoms in total. The van der Waals surface area contributed by atoms with Crippen molar-refractivity contribution in [2.45, 2.75) is 10.8 Å². The zero-order valence-corrected chi connectivity index (χ0v) is 38.6. The van der Waals surface area contributed by atoms with E-state index >= 15 is 4.79 Å². The topological polar surface area (TPSA) is 17.1 Å². The summed E-state index contributed by atoms with van der Waals surface area (Å²) in [5.41, 5.74) is 5.56. The normalized spacial score (nSPS) is 24.7. The molecule has 0 amide bonds. The number of rotatable bonds is 2. The van der Waals surface area contributed by atoms with Gasteiger partial charge in [0.15, 0.2) is 0 Å². The van der Waals surface area contributed by atoms with E-state index in [4.69, 9.17) is 0 Å². The zero-order chi connectivity index (χ0) is 43.6. The van der Waals surface area contributed by atoms with Crippen molar-refractivity contribution in [1.29, 1.82) is 0 Å². The molecule has 7 aliphatic rings. The number of carbonyl (C=O) groups excluding carboxylic acids is 1. The molecule has 0 bridgehead atoms. The molecule has 3 fully saturated rings. The number of hydrogen-bond donors (Lipinski definition) is 0. The second-order valence-corrected chi connectivity index (χ2v) is 26.3. The molecule has 35 rings (SSSR count). The van der Waals surface area contributed by atoms with Gasteiger partial charge >= 0.3 is 17.1 Å². The second-order valence-electron chi connectivity index (χ2n) is 26.3. The van der Waals surface area contributed by atoms with Crippen molar-refractivity contribution >= 4 is 297 Å². The van der Waals surface area contributed by atoms with Crippen molar-refractivity contribution in [3.8, 4) is 0 Å². The molecule has 0 N–H and O–H groups in total. The van der Waals surface area contributed by atoms with Gasteiger partial charge in [-0.3, -0.25) is 4.79 Å². The third-order valence-electron chi connectivity index (χ3n) is 26.0. The van der Waals surface area contributed by atoms with Gasteiger partial charge in [-0.05, 0) is 371 Å². The monoisotopic (exact) mass is 946 g/mol. The number of ketones is 1. The first kappa shape index (κ1) is 30.1. The van der Waals surface area contributed by atoms with Gasteiger partial charge in [-0.25, -0.2) is 0 Å². The molecule has 10 radical (unpaired) electrons. The van der Waals surface area contributed by atoms with Crippen LogP contribution in [-0.2, 0) is 32.7 Å². The van der Waals surface area contributed by atoms with Gasteiger partial charge in [0.25, 0.3) is 0 Å². The number of Topliss-reactive ketones (excluding diaryl/α,β-unsaturated/α-hetero) is 1. The Bertz CT molecular complexity index is 6700. The molecule has 2 heteroatoms. The number of benzene rings is 18. The van der Waals surface area contributed by atoms with Crippen LogP contribution in [0.2, 0.25) is 0 Å². The summed E-state index contributed by atoms with van der Waals surface area (Å²) in [7, 11) is 0. The molecule has 0 unspecified atom stereocenters. The molecule has 3 saturated carbocycles. The molecule has 74 heavy (non-hydrogen) atoms. The van der Waals surface area contributed by atoms with Gasteiger partial charge < -0.3 is 0 Å². The fourth-order valence-electron chi connectivity index (χ4n) is 25.8. The van der Waals surface area contributed by atoms with Crippen LogP contribution in [0.3, 0.4) is 0 Å². The summed E-state index contributed by atoms with van der Waals surface area (Å²) in [5.74, 6) is 1.14. The minimum atomic E-state index is -0.438. The van der Waals surface area contributed by atoms with Gasteiger partial charge in [-0.1, -0.05) is 0 Å². The molecular formula is C72H10FeO+2. The molecule has 28 aromatic carbocycles. The van der Waals surface area contributed by atoms with Crippen LogP contribution in [0.15, 0.2) is 0 Å². The Labute approximate surface area is 418 Å². The third kappa shape index (κ3) is 1.67. The second kappa shape index (κ2) is 7.10. The predicted octanol–water partition coefficient (Wildman–Crippen LogP) is 17.9. The van der Waals surface area contributed by atoms with Crippen LogP contribution >= 0.6 is 0 Å². The molecule has 2 spiro atoms. The Hall–Kier alpha value is -7.35. The molecule has 310 valence electrons. The Morgan fingerprint density at radius 3 is 0.500 bits per heavy atom. The van der Waals surface area contributed by atoms with Crippen LogP contribution in [0.1, 0.15) is 22.3 Å². The summed E-state index contributed by atoms with van der Waals surface area (Å²) < 4.78 is 0. The van der Waals surface area contributed by atoms with E-state index < -0.39 is 10.8 Å². The van der Waals surface area contributed by atoms with Crippen LogP contribution in [-0.4, -0.2) is 5.78 Å². The summed E-state index contributed by atoms with van der Waals surface area (Å²) >= 11 is 0. The first-order valence-electron chi connectivity index (χ1n) is 27.1. The molecule has 7 aliphatic carbocycles. The summed E-state index contributed by atoms with van der Waals surface area (Å²) in [5, 5.41) is 87.0. The van der Waals surface area contributed by atoms with Crippen LogP contribution in [0.5, 0.6) is 0 Å². The summed E-state index contributed by atoms with van der Waals surface area (Å²) in [6, 6.07) is 0. The minimum Gasteiger partial charge on any atom is -0.299 e. The van der Waals surface area contributed by atoms with E-state index in [2.05, 4.69) is 25.7 Å².